The zero-order valence-corrected chi connectivity index (χ0v) is 12.8. The first-order valence-electron chi connectivity index (χ1n) is 7.39. The maximum absolute atomic E-state index is 6.22. The molecule has 1 aliphatic rings. The van der Waals surface area contributed by atoms with Crippen LogP contribution < -0.4 is 10.5 Å². The van der Waals surface area contributed by atoms with E-state index in [0.717, 1.165) is 36.3 Å². The molecule has 1 saturated carbocycles. The van der Waals surface area contributed by atoms with Crippen LogP contribution in [0.2, 0.25) is 0 Å². The van der Waals surface area contributed by atoms with E-state index >= 15 is 0 Å². The van der Waals surface area contributed by atoms with Crippen LogP contribution in [-0.4, -0.2) is 15.9 Å². The SMILES string of the molecule is Cc1nn(C(C)C)c(OC2CC(C)CC(C)C2)c1N. The average molecular weight is 265 g/mol. The predicted molar refractivity (Wildman–Crippen MR) is 78.4 cm³/mol. The molecular weight excluding hydrogens is 238 g/mol. The maximum atomic E-state index is 6.22. The Labute approximate surface area is 116 Å². The number of anilines is 1. The monoisotopic (exact) mass is 265 g/mol. The van der Waals surface area contributed by atoms with E-state index in [0.29, 0.717) is 5.69 Å². The van der Waals surface area contributed by atoms with E-state index < -0.39 is 0 Å². The van der Waals surface area contributed by atoms with Crippen LogP contribution in [0.3, 0.4) is 0 Å². The highest BCUT2D eigenvalue weighted by molar-refractivity contribution is 5.52. The first-order chi connectivity index (χ1) is 8.88. The van der Waals surface area contributed by atoms with Crippen molar-refractivity contribution in [3.63, 3.8) is 0 Å². The minimum atomic E-state index is 0.268. The molecule has 1 fully saturated rings. The zero-order chi connectivity index (χ0) is 14.2. The fraction of sp³-hybridized carbons (Fsp3) is 0.800. The van der Waals surface area contributed by atoms with Crippen LogP contribution in [0.15, 0.2) is 0 Å². The van der Waals surface area contributed by atoms with Crippen molar-refractivity contribution in [3.05, 3.63) is 5.69 Å². The molecule has 0 radical (unpaired) electrons. The minimum Gasteiger partial charge on any atom is -0.473 e. The number of hydrogen-bond acceptors (Lipinski definition) is 3. The van der Waals surface area contributed by atoms with Crippen LogP contribution in [0.5, 0.6) is 5.88 Å². The highest BCUT2D eigenvalue weighted by Crippen LogP contribution is 2.35. The van der Waals surface area contributed by atoms with E-state index in [1.807, 2.05) is 11.6 Å². The van der Waals surface area contributed by atoms with Crippen LogP contribution in [0, 0.1) is 18.8 Å². The second-order valence-corrected chi connectivity index (χ2v) is 6.50. The first-order valence-corrected chi connectivity index (χ1v) is 7.39. The summed E-state index contributed by atoms with van der Waals surface area (Å²) < 4.78 is 8.13. The smallest absolute Gasteiger partial charge is 0.236 e. The fourth-order valence-electron chi connectivity index (χ4n) is 3.13. The number of aryl methyl sites for hydroxylation is 1. The molecule has 2 unspecified atom stereocenters. The minimum absolute atomic E-state index is 0.268. The van der Waals surface area contributed by atoms with E-state index in [2.05, 4.69) is 32.8 Å². The molecule has 4 heteroatoms. The van der Waals surface area contributed by atoms with Gasteiger partial charge >= 0.3 is 0 Å². The normalized spacial score (nSPS) is 27.8. The van der Waals surface area contributed by atoms with Gasteiger partial charge in [0, 0.05) is 0 Å². The summed E-state index contributed by atoms with van der Waals surface area (Å²) in [6.45, 7) is 10.8. The second kappa shape index (κ2) is 5.43. The van der Waals surface area contributed by atoms with E-state index in [1.54, 1.807) is 0 Å². The van der Waals surface area contributed by atoms with Crippen molar-refractivity contribution in [2.45, 2.75) is 66.0 Å². The summed E-state index contributed by atoms with van der Waals surface area (Å²) in [5.74, 6) is 2.22. The topological polar surface area (TPSA) is 53.1 Å². The maximum Gasteiger partial charge on any atom is 0.236 e. The number of ether oxygens (including phenoxy) is 1. The van der Waals surface area contributed by atoms with Gasteiger partial charge in [0.25, 0.3) is 0 Å². The summed E-state index contributed by atoms with van der Waals surface area (Å²) in [7, 11) is 0. The third-order valence-corrected chi connectivity index (χ3v) is 3.99. The molecule has 0 bridgehead atoms. The third kappa shape index (κ3) is 3.04. The number of aromatic nitrogens is 2. The molecule has 1 aromatic rings. The molecule has 0 aliphatic heterocycles. The Morgan fingerprint density at radius 1 is 1.21 bits per heavy atom. The standard InChI is InChI=1S/C15H27N3O/c1-9(2)18-15(14(16)12(5)17-18)19-13-7-10(3)6-11(4)8-13/h9-11,13H,6-8,16H2,1-5H3. The van der Waals surface area contributed by atoms with Crippen molar-refractivity contribution in [2.24, 2.45) is 11.8 Å². The molecule has 0 saturated heterocycles. The van der Waals surface area contributed by atoms with E-state index in [4.69, 9.17) is 10.5 Å². The largest absolute Gasteiger partial charge is 0.473 e. The summed E-state index contributed by atoms with van der Waals surface area (Å²) in [5, 5.41) is 4.48. The van der Waals surface area contributed by atoms with Gasteiger partial charge in [-0.05, 0) is 51.9 Å². The van der Waals surface area contributed by atoms with Crippen molar-refractivity contribution in [3.8, 4) is 5.88 Å². The Balaban J connectivity index is 2.18. The quantitative estimate of drug-likeness (QED) is 0.909. The number of rotatable bonds is 3. The van der Waals surface area contributed by atoms with Gasteiger partial charge in [0.2, 0.25) is 5.88 Å². The molecule has 0 amide bonds. The van der Waals surface area contributed by atoms with Crippen LogP contribution >= 0.6 is 0 Å². The Hall–Kier alpha value is -1.19. The molecule has 19 heavy (non-hydrogen) atoms. The van der Waals surface area contributed by atoms with Crippen molar-refractivity contribution < 1.29 is 4.74 Å². The van der Waals surface area contributed by atoms with Crippen LogP contribution in [0.1, 0.15) is 58.7 Å². The van der Waals surface area contributed by atoms with Crippen LogP contribution in [0.25, 0.3) is 0 Å². The third-order valence-electron chi connectivity index (χ3n) is 3.99. The Morgan fingerprint density at radius 2 is 1.79 bits per heavy atom. The molecule has 0 aromatic carbocycles. The van der Waals surface area contributed by atoms with Crippen molar-refractivity contribution in [1.82, 2.24) is 9.78 Å². The zero-order valence-electron chi connectivity index (χ0n) is 12.8. The van der Waals surface area contributed by atoms with Gasteiger partial charge in [0.15, 0.2) is 0 Å². The number of nitrogens with two attached hydrogens (primary N) is 1. The van der Waals surface area contributed by atoms with Gasteiger partial charge in [-0.1, -0.05) is 13.8 Å². The molecule has 2 atom stereocenters. The number of nitrogens with zero attached hydrogens (tertiary/aromatic N) is 2. The lowest BCUT2D eigenvalue weighted by Gasteiger charge is -2.32. The van der Waals surface area contributed by atoms with Crippen LogP contribution in [0.4, 0.5) is 5.69 Å². The number of hydrogen-bond donors (Lipinski definition) is 1. The Morgan fingerprint density at radius 3 is 2.32 bits per heavy atom. The Bertz CT molecular complexity index is 429. The highest BCUT2D eigenvalue weighted by Gasteiger charge is 2.27. The lowest BCUT2D eigenvalue weighted by Crippen LogP contribution is -2.29. The van der Waals surface area contributed by atoms with Crippen molar-refractivity contribution >= 4 is 5.69 Å². The molecule has 0 spiro atoms. The molecule has 4 nitrogen and oxygen atoms in total. The lowest BCUT2D eigenvalue weighted by molar-refractivity contribution is 0.0907. The van der Waals surface area contributed by atoms with Gasteiger partial charge in [-0.3, -0.25) is 0 Å². The molecule has 108 valence electrons. The molecule has 2 N–H and O–H groups in total. The molecule has 2 rings (SSSR count). The van der Waals surface area contributed by atoms with Gasteiger partial charge in [-0.2, -0.15) is 5.10 Å². The van der Waals surface area contributed by atoms with E-state index in [1.165, 1.54) is 6.42 Å². The molecular formula is C15H27N3O. The summed E-state index contributed by atoms with van der Waals surface area (Å²) >= 11 is 0. The van der Waals surface area contributed by atoms with Gasteiger partial charge < -0.3 is 10.5 Å². The van der Waals surface area contributed by atoms with Crippen molar-refractivity contribution in [1.29, 1.82) is 0 Å². The molecule has 1 heterocycles. The highest BCUT2D eigenvalue weighted by atomic mass is 16.5. The predicted octanol–water partition coefficient (Wildman–Crippen LogP) is 3.56. The van der Waals surface area contributed by atoms with Gasteiger partial charge in [-0.25, -0.2) is 4.68 Å². The van der Waals surface area contributed by atoms with Gasteiger partial charge in [0.05, 0.1) is 11.7 Å². The summed E-state index contributed by atoms with van der Waals surface area (Å²) in [6, 6.07) is 0.268. The van der Waals surface area contributed by atoms with Gasteiger partial charge in [-0.15, -0.1) is 0 Å². The van der Waals surface area contributed by atoms with E-state index in [-0.39, 0.29) is 12.1 Å². The first kappa shape index (κ1) is 14.2. The van der Waals surface area contributed by atoms with Gasteiger partial charge in [0.1, 0.15) is 11.8 Å². The second-order valence-electron chi connectivity index (χ2n) is 6.50. The summed E-state index contributed by atoms with van der Waals surface area (Å²) in [5.41, 5.74) is 7.68. The summed E-state index contributed by atoms with van der Waals surface area (Å²) in [6.07, 6.45) is 3.81. The number of nitrogen functional groups attached to an aromatic ring is 1. The van der Waals surface area contributed by atoms with E-state index in [9.17, 15) is 0 Å². The lowest BCUT2D eigenvalue weighted by atomic mass is 9.82. The fourth-order valence-corrected chi connectivity index (χ4v) is 3.13. The van der Waals surface area contributed by atoms with Crippen LogP contribution in [-0.2, 0) is 0 Å². The average Bonchev–Trinajstić information content (AvgIpc) is 2.56. The summed E-state index contributed by atoms with van der Waals surface area (Å²) in [4.78, 5) is 0. The van der Waals surface area contributed by atoms with Crippen molar-refractivity contribution in [2.75, 3.05) is 5.73 Å². The molecule has 1 aromatic heterocycles. The Kier molecular flexibility index (Phi) is 4.07. The molecule has 1 aliphatic carbocycles.